The summed E-state index contributed by atoms with van der Waals surface area (Å²) in [6.07, 6.45) is 13.6. The van der Waals surface area contributed by atoms with Crippen LogP contribution in [-0.2, 0) is 19.4 Å². The third-order valence-corrected chi connectivity index (χ3v) is 11.9. The molecule has 4 saturated carbocycles. The first-order valence-corrected chi connectivity index (χ1v) is 16.4. The summed E-state index contributed by atoms with van der Waals surface area (Å²) in [7, 11) is -2.97. The Morgan fingerprint density at radius 3 is 2.14 bits per heavy atom. The summed E-state index contributed by atoms with van der Waals surface area (Å²) in [6.45, 7) is 2.81. The quantitative estimate of drug-likeness (QED) is 0.434. The number of amides is 2. The normalized spacial score (nSPS) is 32.7. The van der Waals surface area contributed by atoms with Gasteiger partial charge in [0, 0.05) is 30.4 Å². The Morgan fingerprint density at radius 1 is 0.886 bits per heavy atom. The molecule has 0 bridgehead atoms. The Bertz CT molecular complexity index is 832. The molecule has 4 rings (SSSR count). The van der Waals surface area contributed by atoms with Crippen molar-refractivity contribution < 1.29 is 18.0 Å². The van der Waals surface area contributed by atoms with E-state index in [9.17, 15) is 18.0 Å². The van der Waals surface area contributed by atoms with Gasteiger partial charge in [0.05, 0.1) is 16.9 Å². The van der Waals surface area contributed by atoms with E-state index >= 15 is 0 Å². The van der Waals surface area contributed by atoms with E-state index in [1.54, 1.807) is 0 Å². The average molecular weight is 529 g/mol. The van der Waals surface area contributed by atoms with Crippen LogP contribution in [0.4, 0.5) is 0 Å². The third kappa shape index (κ3) is 7.37. The molecule has 200 valence electrons. The van der Waals surface area contributed by atoms with Gasteiger partial charge in [-0.25, -0.2) is 8.42 Å². The van der Waals surface area contributed by atoms with Crippen LogP contribution in [0.1, 0.15) is 103 Å². The third-order valence-electron chi connectivity index (χ3n) is 9.03. The first-order chi connectivity index (χ1) is 16.8. The van der Waals surface area contributed by atoms with Gasteiger partial charge < -0.3 is 10.2 Å². The van der Waals surface area contributed by atoms with E-state index in [1.807, 2.05) is 0 Å². The van der Waals surface area contributed by atoms with Crippen LogP contribution >= 0.6 is 11.6 Å². The number of rotatable bonds is 9. The van der Waals surface area contributed by atoms with E-state index in [1.165, 1.54) is 19.3 Å². The molecule has 1 N–H and O–H groups in total. The summed E-state index contributed by atoms with van der Waals surface area (Å²) in [6, 6.07) is 0.385. The van der Waals surface area contributed by atoms with E-state index in [0.717, 1.165) is 57.9 Å². The largest absolute Gasteiger partial charge is 0.353 e. The van der Waals surface area contributed by atoms with Crippen molar-refractivity contribution in [3.8, 4) is 0 Å². The second-order valence-electron chi connectivity index (χ2n) is 11.7. The molecule has 3 unspecified atom stereocenters. The average Bonchev–Trinajstić information content (AvgIpc) is 3.64. The molecule has 2 amide bonds. The molecule has 0 aromatic carbocycles. The molecule has 35 heavy (non-hydrogen) atoms. The van der Waals surface area contributed by atoms with Crippen LogP contribution in [0.15, 0.2) is 0 Å². The van der Waals surface area contributed by atoms with Gasteiger partial charge >= 0.3 is 0 Å². The highest BCUT2D eigenvalue weighted by molar-refractivity contribution is 7.92. The lowest BCUT2D eigenvalue weighted by Gasteiger charge is -2.39. The molecule has 6 nitrogen and oxygen atoms in total. The summed E-state index contributed by atoms with van der Waals surface area (Å²) in [4.78, 5) is 28.1. The molecule has 0 spiro atoms. The summed E-state index contributed by atoms with van der Waals surface area (Å²) in [5, 5.41) is 2.72. The summed E-state index contributed by atoms with van der Waals surface area (Å²) < 4.78 is 25.1. The summed E-state index contributed by atoms with van der Waals surface area (Å²) in [5.74, 6) is 1.13. The van der Waals surface area contributed by atoms with Gasteiger partial charge in [0.2, 0.25) is 11.8 Å². The van der Waals surface area contributed by atoms with Gasteiger partial charge in [0.15, 0.2) is 9.84 Å². The van der Waals surface area contributed by atoms with E-state index in [4.69, 9.17) is 11.6 Å². The fraction of sp³-hybridized carbons (Fsp3) is 0.926. The smallest absolute Gasteiger partial charge is 0.227 e. The molecular formula is C27H45ClN2O4S. The topological polar surface area (TPSA) is 83.6 Å². The molecule has 8 heteroatoms. The van der Waals surface area contributed by atoms with Gasteiger partial charge in [-0.05, 0) is 89.4 Å². The molecule has 4 aliphatic rings. The SMILES string of the molecule is CCN(C(=O)C1CCC(NC(=O)CC2CCC(S(=O)(=O)CC3CC3)CC2)CC1Cl)C1CCCCC1. The van der Waals surface area contributed by atoms with Crippen LogP contribution in [0.2, 0.25) is 0 Å². The number of nitrogens with zero attached hydrogens (tertiary/aromatic N) is 1. The number of hydrogen-bond donors (Lipinski definition) is 1. The maximum absolute atomic E-state index is 13.3. The Hall–Kier alpha value is -0.820. The van der Waals surface area contributed by atoms with E-state index in [-0.39, 0.29) is 40.3 Å². The predicted molar refractivity (Wildman–Crippen MR) is 140 cm³/mol. The van der Waals surface area contributed by atoms with Crippen LogP contribution in [0.25, 0.3) is 0 Å². The minimum Gasteiger partial charge on any atom is -0.353 e. The number of alkyl halides is 1. The zero-order valence-electron chi connectivity index (χ0n) is 21.4. The molecule has 4 fully saturated rings. The first kappa shape index (κ1) is 27.2. The molecule has 3 atom stereocenters. The number of halogens is 1. The Labute approximate surface area is 217 Å². The van der Waals surface area contributed by atoms with Crippen molar-refractivity contribution in [3.05, 3.63) is 0 Å². The summed E-state index contributed by atoms with van der Waals surface area (Å²) in [5.41, 5.74) is 0. The molecule has 0 aromatic heterocycles. The van der Waals surface area contributed by atoms with Crippen molar-refractivity contribution in [2.24, 2.45) is 17.8 Å². The Kier molecular flexibility index (Phi) is 9.45. The number of carbonyl (C=O) groups is 2. The number of sulfone groups is 1. The lowest BCUT2D eigenvalue weighted by atomic mass is 9.83. The predicted octanol–water partition coefficient (Wildman–Crippen LogP) is 4.83. The maximum atomic E-state index is 13.3. The van der Waals surface area contributed by atoms with Crippen molar-refractivity contribution in [2.75, 3.05) is 12.3 Å². The van der Waals surface area contributed by atoms with Gasteiger partial charge in [-0.3, -0.25) is 9.59 Å². The van der Waals surface area contributed by atoms with E-state index in [2.05, 4.69) is 17.1 Å². The van der Waals surface area contributed by atoms with Crippen LogP contribution < -0.4 is 5.32 Å². The lowest BCUT2D eigenvalue weighted by Crippen LogP contribution is -2.50. The zero-order chi connectivity index (χ0) is 25.0. The van der Waals surface area contributed by atoms with Crippen LogP contribution in [-0.4, -0.2) is 60.1 Å². The van der Waals surface area contributed by atoms with Gasteiger partial charge in [0.25, 0.3) is 0 Å². The van der Waals surface area contributed by atoms with Crippen molar-refractivity contribution in [3.63, 3.8) is 0 Å². The van der Waals surface area contributed by atoms with E-state index in [0.29, 0.717) is 43.4 Å². The first-order valence-electron chi connectivity index (χ1n) is 14.2. The van der Waals surface area contributed by atoms with Crippen LogP contribution in [0.5, 0.6) is 0 Å². The van der Waals surface area contributed by atoms with Crippen LogP contribution in [0, 0.1) is 17.8 Å². The highest BCUT2D eigenvalue weighted by Gasteiger charge is 2.39. The highest BCUT2D eigenvalue weighted by Crippen LogP contribution is 2.36. The number of carbonyl (C=O) groups excluding carboxylic acids is 2. The molecule has 0 radical (unpaired) electrons. The monoisotopic (exact) mass is 528 g/mol. The Morgan fingerprint density at radius 2 is 1.54 bits per heavy atom. The van der Waals surface area contributed by atoms with Gasteiger partial charge in [0.1, 0.15) is 0 Å². The molecule has 0 saturated heterocycles. The van der Waals surface area contributed by atoms with Crippen molar-refractivity contribution >= 4 is 33.3 Å². The standard InChI is InChI=1S/C27H45ClN2O4S/c1-2-30(22-6-4-3-5-7-22)27(32)24-15-12-21(17-25(24)28)29-26(31)16-19-10-13-23(14-11-19)35(33,34)18-20-8-9-20/h19-25H,2-18H2,1H3,(H,29,31). The molecular weight excluding hydrogens is 484 g/mol. The fourth-order valence-electron chi connectivity index (χ4n) is 6.72. The van der Waals surface area contributed by atoms with Gasteiger partial charge in [-0.15, -0.1) is 11.6 Å². The van der Waals surface area contributed by atoms with Crippen molar-refractivity contribution in [1.82, 2.24) is 10.2 Å². The minimum absolute atomic E-state index is 0.0223. The second kappa shape index (κ2) is 12.1. The molecule has 4 aliphatic carbocycles. The van der Waals surface area contributed by atoms with Gasteiger partial charge in [-0.2, -0.15) is 0 Å². The maximum Gasteiger partial charge on any atom is 0.227 e. The Balaban J connectivity index is 1.19. The lowest BCUT2D eigenvalue weighted by molar-refractivity contribution is -0.139. The summed E-state index contributed by atoms with van der Waals surface area (Å²) >= 11 is 6.73. The number of hydrogen-bond acceptors (Lipinski definition) is 4. The fourth-order valence-corrected chi connectivity index (χ4v) is 9.42. The highest BCUT2D eigenvalue weighted by atomic mass is 35.5. The van der Waals surface area contributed by atoms with Crippen molar-refractivity contribution in [2.45, 2.75) is 126 Å². The molecule has 0 heterocycles. The second-order valence-corrected chi connectivity index (χ2v) is 14.6. The van der Waals surface area contributed by atoms with Crippen LogP contribution in [0.3, 0.4) is 0 Å². The molecule has 0 aliphatic heterocycles. The van der Waals surface area contributed by atoms with Crippen molar-refractivity contribution in [1.29, 1.82) is 0 Å². The van der Waals surface area contributed by atoms with E-state index < -0.39 is 9.84 Å². The van der Waals surface area contributed by atoms with Gasteiger partial charge in [-0.1, -0.05) is 19.3 Å². The zero-order valence-corrected chi connectivity index (χ0v) is 23.0. The molecule has 0 aromatic rings. The number of nitrogens with one attached hydrogen (secondary N) is 1. The minimum atomic E-state index is -2.97.